The van der Waals surface area contributed by atoms with Gasteiger partial charge in [-0.15, -0.1) is 0 Å². The van der Waals surface area contributed by atoms with Gasteiger partial charge in [-0.05, 0) is 84.3 Å². The van der Waals surface area contributed by atoms with Gasteiger partial charge in [0.15, 0.2) is 5.78 Å². The molecular weight excluding hydrogens is 498 g/mol. The lowest BCUT2D eigenvalue weighted by Gasteiger charge is -2.37. The number of fused-ring (bicyclic) bond motifs is 5. The van der Waals surface area contributed by atoms with Gasteiger partial charge in [0.1, 0.15) is 18.1 Å². The Morgan fingerprint density at radius 1 is 0.675 bits per heavy atom. The fraction of sp³-hybridized carbons (Fsp3) is 0.257. The normalized spacial score (nSPS) is 21.0. The molecule has 2 fully saturated rings. The zero-order valence-corrected chi connectivity index (χ0v) is 22.2. The second-order valence-corrected chi connectivity index (χ2v) is 11.1. The lowest BCUT2D eigenvalue weighted by Crippen LogP contribution is -2.48. The molecule has 2 aliphatic heterocycles. The van der Waals surface area contributed by atoms with E-state index in [4.69, 9.17) is 9.47 Å². The molecule has 1 amide bonds. The molecule has 4 aromatic rings. The number of ketones is 1. The monoisotopic (exact) mass is 529 g/mol. The topological polar surface area (TPSA) is 55.8 Å². The van der Waals surface area contributed by atoms with E-state index in [0.29, 0.717) is 30.8 Å². The lowest BCUT2D eigenvalue weighted by atomic mass is 9.85. The molecule has 2 saturated heterocycles. The Morgan fingerprint density at radius 3 is 1.85 bits per heavy atom. The van der Waals surface area contributed by atoms with E-state index in [1.54, 1.807) is 0 Å². The summed E-state index contributed by atoms with van der Waals surface area (Å²) in [6.45, 7) is 0.322. The van der Waals surface area contributed by atoms with E-state index in [1.807, 2.05) is 71.6 Å². The zero-order chi connectivity index (χ0) is 27.1. The molecule has 3 aliphatic rings. The highest BCUT2D eigenvalue weighted by Gasteiger charge is 2.46. The number of ether oxygens (including phenoxy) is 2. The smallest absolute Gasteiger partial charge is 0.410 e. The van der Waals surface area contributed by atoms with Crippen LogP contribution in [-0.4, -0.2) is 35.5 Å². The fourth-order valence-electron chi connectivity index (χ4n) is 6.91. The summed E-state index contributed by atoms with van der Waals surface area (Å²) in [5, 5.41) is 0. The molecule has 7 rings (SSSR count). The third-order valence-corrected chi connectivity index (χ3v) is 8.77. The van der Waals surface area contributed by atoms with Crippen molar-refractivity contribution in [3.63, 3.8) is 0 Å². The molecule has 2 heterocycles. The van der Waals surface area contributed by atoms with Crippen LogP contribution in [0, 0.1) is 5.92 Å². The average molecular weight is 530 g/mol. The maximum Gasteiger partial charge on any atom is 0.410 e. The fourth-order valence-corrected chi connectivity index (χ4v) is 6.91. The first-order valence-electron chi connectivity index (χ1n) is 14.2. The van der Waals surface area contributed by atoms with Crippen LogP contribution in [-0.2, 0) is 4.74 Å². The van der Waals surface area contributed by atoms with Crippen LogP contribution in [0.1, 0.15) is 53.1 Å². The summed E-state index contributed by atoms with van der Waals surface area (Å²) in [5.41, 5.74) is 5.56. The Kier molecular flexibility index (Phi) is 6.35. The molecule has 5 heteroatoms. The maximum absolute atomic E-state index is 13.4. The summed E-state index contributed by atoms with van der Waals surface area (Å²) >= 11 is 0. The largest absolute Gasteiger partial charge is 0.457 e. The first kappa shape index (κ1) is 24.6. The molecule has 2 atom stereocenters. The Morgan fingerprint density at radius 2 is 1.23 bits per heavy atom. The van der Waals surface area contributed by atoms with Crippen LogP contribution in [0.25, 0.3) is 11.1 Å². The Hall–Kier alpha value is -4.38. The molecule has 5 nitrogen and oxygen atoms in total. The van der Waals surface area contributed by atoms with Gasteiger partial charge in [-0.2, -0.15) is 0 Å². The highest BCUT2D eigenvalue weighted by atomic mass is 16.6. The third kappa shape index (κ3) is 4.45. The Balaban J connectivity index is 0.992. The van der Waals surface area contributed by atoms with Gasteiger partial charge in [0.05, 0.1) is 0 Å². The first-order chi connectivity index (χ1) is 19.7. The number of para-hydroxylation sites is 1. The van der Waals surface area contributed by atoms with Gasteiger partial charge in [-0.1, -0.05) is 66.7 Å². The highest BCUT2D eigenvalue weighted by molar-refractivity contribution is 5.98. The van der Waals surface area contributed by atoms with Crippen molar-refractivity contribution in [3.05, 3.63) is 120 Å². The summed E-state index contributed by atoms with van der Waals surface area (Å²) in [7, 11) is 0. The van der Waals surface area contributed by atoms with E-state index in [1.165, 1.54) is 22.3 Å². The van der Waals surface area contributed by atoms with Crippen molar-refractivity contribution in [2.75, 3.05) is 6.61 Å². The molecule has 0 saturated carbocycles. The molecule has 0 spiro atoms. The SMILES string of the molecule is O=C(c1ccc(Oc2ccccc2)cc1)C1CC2CCC(C1)N2C(=O)OCC1c2ccccc2-c2ccccc21. The van der Waals surface area contributed by atoms with Crippen LogP contribution in [0.4, 0.5) is 4.79 Å². The molecule has 2 bridgehead atoms. The lowest BCUT2D eigenvalue weighted by molar-refractivity contribution is 0.0506. The van der Waals surface area contributed by atoms with Gasteiger partial charge < -0.3 is 14.4 Å². The van der Waals surface area contributed by atoms with Crippen LogP contribution in [0.5, 0.6) is 11.5 Å². The number of hydrogen-bond donors (Lipinski definition) is 0. The quantitative estimate of drug-likeness (QED) is 0.239. The number of hydrogen-bond acceptors (Lipinski definition) is 4. The van der Waals surface area contributed by atoms with Crippen LogP contribution in [0.15, 0.2) is 103 Å². The van der Waals surface area contributed by atoms with Gasteiger partial charge in [-0.25, -0.2) is 4.79 Å². The minimum atomic E-state index is -0.248. The number of nitrogens with zero attached hydrogens (tertiary/aromatic N) is 1. The molecule has 2 unspecified atom stereocenters. The molecular formula is C35H31NO4. The number of carbonyl (C=O) groups is 2. The molecule has 1 aliphatic carbocycles. The second kappa shape index (κ2) is 10.3. The van der Waals surface area contributed by atoms with Crippen LogP contribution >= 0.6 is 0 Å². The predicted octanol–water partition coefficient (Wildman–Crippen LogP) is 7.85. The Bertz CT molecular complexity index is 1490. The minimum absolute atomic E-state index is 0.0435. The van der Waals surface area contributed by atoms with Gasteiger partial charge in [-0.3, -0.25) is 4.79 Å². The van der Waals surface area contributed by atoms with E-state index in [-0.39, 0.29) is 35.8 Å². The van der Waals surface area contributed by atoms with Crippen molar-refractivity contribution < 1.29 is 19.1 Å². The number of amides is 1. The highest BCUT2D eigenvalue weighted by Crippen LogP contribution is 2.45. The van der Waals surface area contributed by atoms with E-state index in [2.05, 4.69) is 36.4 Å². The van der Waals surface area contributed by atoms with Crippen molar-refractivity contribution in [1.82, 2.24) is 4.90 Å². The van der Waals surface area contributed by atoms with Crippen molar-refractivity contribution in [2.24, 2.45) is 5.92 Å². The summed E-state index contributed by atoms with van der Waals surface area (Å²) in [4.78, 5) is 28.7. The second-order valence-electron chi connectivity index (χ2n) is 11.1. The minimum Gasteiger partial charge on any atom is -0.457 e. The molecule has 0 N–H and O–H groups in total. The van der Waals surface area contributed by atoms with E-state index in [0.717, 1.165) is 18.6 Å². The van der Waals surface area contributed by atoms with Gasteiger partial charge in [0.25, 0.3) is 0 Å². The molecule has 0 radical (unpaired) electrons. The standard InChI is InChI=1S/C35H31NO4/c37-34(23-14-18-28(19-15-23)40-27-8-2-1-3-9-27)24-20-25-16-17-26(21-24)36(25)35(38)39-22-33-31-12-6-4-10-29(31)30-11-5-7-13-32(30)33/h1-15,18-19,24-26,33H,16-17,20-22H2. The number of Topliss-reactive ketones (excluding diaryl/α,β-unsaturated/α-hetero) is 1. The van der Waals surface area contributed by atoms with E-state index >= 15 is 0 Å². The van der Waals surface area contributed by atoms with E-state index in [9.17, 15) is 9.59 Å². The number of benzene rings is 4. The maximum atomic E-state index is 13.4. The van der Waals surface area contributed by atoms with Gasteiger partial charge >= 0.3 is 6.09 Å². The summed E-state index contributed by atoms with van der Waals surface area (Å²) in [6.07, 6.45) is 2.96. The van der Waals surface area contributed by atoms with Crippen molar-refractivity contribution >= 4 is 11.9 Å². The van der Waals surface area contributed by atoms with Gasteiger partial charge in [0.2, 0.25) is 0 Å². The van der Waals surface area contributed by atoms with Crippen molar-refractivity contribution in [3.8, 4) is 22.6 Å². The van der Waals surface area contributed by atoms with Crippen molar-refractivity contribution in [2.45, 2.75) is 43.7 Å². The molecule has 200 valence electrons. The summed E-state index contributed by atoms with van der Waals surface area (Å²) in [5.74, 6) is 1.57. The Labute approximate surface area is 234 Å². The zero-order valence-electron chi connectivity index (χ0n) is 22.2. The number of rotatable bonds is 6. The summed E-state index contributed by atoms with van der Waals surface area (Å²) < 4.78 is 11.9. The molecule has 40 heavy (non-hydrogen) atoms. The molecule has 0 aromatic heterocycles. The van der Waals surface area contributed by atoms with Crippen LogP contribution < -0.4 is 4.74 Å². The summed E-state index contributed by atoms with van der Waals surface area (Å²) in [6, 6.07) is 33.8. The van der Waals surface area contributed by atoms with Crippen LogP contribution in [0.2, 0.25) is 0 Å². The van der Waals surface area contributed by atoms with Gasteiger partial charge in [0, 0.05) is 29.5 Å². The van der Waals surface area contributed by atoms with E-state index < -0.39 is 0 Å². The predicted molar refractivity (Wildman–Crippen MR) is 154 cm³/mol. The average Bonchev–Trinajstić information content (AvgIpc) is 3.46. The first-order valence-corrected chi connectivity index (χ1v) is 14.2. The number of piperidine rings is 1. The van der Waals surface area contributed by atoms with Crippen molar-refractivity contribution in [1.29, 1.82) is 0 Å². The molecule has 4 aromatic carbocycles. The van der Waals surface area contributed by atoms with Crippen LogP contribution in [0.3, 0.4) is 0 Å². The third-order valence-electron chi connectivity index (χ3n) is 8.77. The number of carbonyl (C=O) groups excluding carboxylic acids is 2.